The number of fused-ring (bicyclic) bond motifs is 2. The van der Waals surface area contributed by atoms with E-state index >= 15 is 0 Å². The molecule has 0 amide bonds. The maximum Gasteiger partial charge on any atom is 0.311 e. The predicted octanol–water partition coefficient (Wildman–Crippen LogP) is 12.7. The van der Waals surface area contributed by atoms with Gasteiger partial charge < -0.3 is 14.4 Å². The monoisotopic (exact) mass is 821 g/mol. The van der Waals surface area contributed by atoms with Crippen molar-refractivity contribution in [1.29, 1.82) is 0 Å². The van der Waals surface area contributed by atoms with Gasteiger partial charge in [-0.25, -0.2) is 0 Å². The molecular formula is C53H58ClN2O4+. The number of allylic oxidation sites excluding steroid dienone is 5. The molecule has 1 unspecified atom stereocenters. The van der Waals surface area contributed by atoms with E-state index in [1.54, 1.807) is 0 Å². The van der Waals surface area contributed by atoms with Crippen LogP contribution in [-0.2, 0) is 20.4 Å². The Balaban J connectivity index is 1.02. The summed E-state index contributed by atoms with van der Waals surface area (Å²) in [6.07, 6.45) is 14.8. The fraction of sp³-hybridized carbons (Fsp3) is 0.358. The standard InChI is InChI=1S/C53H58ClN2O4/c1-52(2)43-25-15-17-27-45(43)55(37-19-7-13-29-49(57)59-41-21-9-5-10-22-41)47(52)35-33-39-31-32-40(51(39)54)34-36-48-53(3,4)44-26-16-18-28-46(44)56(48)38-20-8-14-30-50(58)60-42-23-11-6-12-24-42/h5-6,9-12,15-18,21-28,33-35,40H,7-8,13-14,19-20,29-32,37-38H2,1-4H3/q+1/b35-33+. The second-order valence-electron chi connectivity index (χ2n) is 17.2. The van der Waals surface area contributed by atoms with Gasteiger partial charge in [0.25, 0.3) is 0 Å². The molecule has 1 aliphatic carbocycles. The van der Waals surface area contributed by atoms with Crippen molar-refractivity contribution >= 4 is 40.6 Å². The normalized spacial score (nSPS) is 17.5. The summed E-state index contributed by atoms with van der Waals surface area (Å²) in [5.74, 6) is 0.913. The number of esters is 2. The largest absolute Gasteiger partial charge is 0.427 e. The molecule has 0 aromatic heterocycles. The average molecular weight is 823 g/mol. The molecule has 7 heteroatoms. The van der Waals surface area contributed by atoms with E-state index in [1.807, 2.05) is 60.7 Å². The van der Waals surface area contributed by atoms with Crippen LogP contribution in [0.3, 0.4) is 0 Å². The Morgan fingerprint density at radius 2 is 1.30 bits per heavy atom. The van der Waals surface area contributed by atoms with E-state index in [0.29, 0.717) is 24.3 Å². The van der Waals surface area contributed by atoms with Gasteiger partial charge in [-0.3, -0.25) is 9.59 Å². The number of halogens is 1. The van der Waals surface area contributed by atoms with E-state index in [1.165, 1.54) is 33.8 Å². The molecule has 310 valence electrons. The summed E-state index contributed by atoms with van der Waals surface area (Å²) < 4.78 is 13.4. The number of anilines is 1. The minimum Gasteiger partial charge on any atom is -0.427 e. The van der Waals surface area contributed by atoms with Gasteiger partial charge >= 0.3 is 11.9 Å². The Bertz CT molecular complexity index is 2330. The lowest BCUT2D eigenvalue weighted by Crippen LogP contribution is -2.28. The molecule has 4 aromatic rings. The third kappa shape index (κ3) is 9.78. The van der Waals surface area contributed by atoms with Crippen molar-refractivity contribution in [2.75, 3.05) is 18.0 Å². The highest BCUT2D eigenvalue weighted by molar-refractivity contribution is 6.30. The molecule has 0 saturated heterocycles. The number of rotatable bonds is 17. The molecule has 3 aliphatic rings. The molecule has 1 atom stereocenters. The van der Waals surface area contributed by atoms with Crippen LogP contribution >= 0.6 is 11.6 Å². The topological polar surface area (TPSA) is 58.8 Å². The van der Waals surface area contributed by atoms with Crippen LogP contribution in [-0.4, -0.2) is 35.3 Å². The first-order valence-corrected chi connectivity index (χ1v) is 22.1. The number of hydrogen-bond acceptors (Lipinski definition) is 5. The molecule has 0 fully saturated rings. The SMILES string of the molecule is CC1(C)C(=C=CC2CCC(/C=C/C3=[N+](CCCCCC(=O)Oc4ccccc4)c4ccccc4C3(C)C)=C2Cl)N(CCCCCC(=O)Oc2ccccc2)c2ccccc21. The first-order valence-electron chi connectivity index (χ1n) is 21.7. The van der Waals surface area contributed by atoms with E-state index in [9.17, 15) is 9.59 Å². The van der Waals surface area contributed by atoms with Gasteiger partial charge in [0.1, 0.15) is 18.0 Å². The van der Waals surface area contributed by atoms with Crippen molar-refractivity contribution in [2.45, 2.75) is 103 Å². The zero-order valence-electron chi connectivity index (χ0n) is 35.6. The fourth-order valence-electron chi connectivity index (χ4n) is 8.94. The minimum absolute atomic E-state index is 0.0966. The van der Waals surface area contributed by atoms with Gasteiger partial charge in [0, 0.05) is 65.6 Å². The minimum atomic E-state index is -0.210. The van der Waals surface area contributed by atoms with Crippen molar-refractivity contribution in [1.82, 2.24) is 0 Å². The number of nitrogens with zero attached hydrogens (tertiary/aromatic N) is 2. The molecule has 0 spiro atoms. The fourth-order valence-corrected chi connectivity index (χ4v) is 9.27. The smallest absolute Gasteiger partial charge is 0.311 e. The molecule has 4 aromatic carbocycles. The summed E-state index contributed by atoms with van der Waals surface area (Å²) in [7, 11) is 0. The van der Waals surface area contributed by atoms with Crippen LogP contribution in [0.1, 0.15) is 103 Å². The molecule has 2 aliphatic heterocycles. The highest BCUT2D eigenvalue weighted by Gasteiger charge is 2.44. The second-order valence-corrected chi connectivity index (χ2v) is 17.6. The number of para-hydroxylation sites is 4. The van der Waals surface area contributed by atoms with Gasteiger partial charge in [-0.2, -0.15) is 4.58 Å². The zero-order chi connectivity index (χ0) is 42.1. The predicted molar refractivity (Wildman–Crippen MR) is 244 cm³/mol. The van der Waals surface area contributed by atoms with E-state index in [4.69, 9.17) is 21.1 Å². The van der Waals surface area contributed by atoms with Gasteiger partial charge in [-0.15, -0.1) is 5.73 Å². The number of ether oxygens (including phenoxy) is 2. The van der Waals surface area contributed by atoms with Crippen LogP contribution in [0.2, 0.25) is 0 Å². The van der Waals surface area contributed by atoms with Crippen LogP contribution in [0.4, 0.5) is 11.4 Å². The number of carbonyl (C=O) groups excluding carboxylic acids is 2. The number of carbonyl (C=O) groups is 2. The number of benzene rings is 4. The van der Waals surface area contributed by atoms with Crippen LogP contribution in [0.5, 0.6) is 11.5 Å². The highest BCUT2D eigenvalue weighted by Crippen LogP contribution is 2.48. The number of unbranched alkanes of at least 4 members (excludes halogenated alkanes) is 4. The van der Waals surface area contributed by atoms with Gasteiger partial charge in [0.2, 0.25) is 5.69 Å². The van der Waals surface area contributed by atoms with Crippen LogP contribution in [0, 0.1) is 5.92 Å². The molecule has 0 radical (unpaired) electrons. The maximum atomic E-state index is 12.4. The Morgan fingerprint density at radius 1 is 0.717 bits per heavy atom. The molecule has 7 rings (SSSR count). The van der Waals surface area contributed by atoms with Crippen LogP contribution in [0.15, 0.2) is 149 Å². The molecule has 2 heterocycles. The molecule has 0 saturated carbocycles. The van der Waals surface area contributed by atoms with Gasteiger partial charge in [-0.05, 0) is 114 Å². The molecule has 0 N–H and O–H groups in total. The Labute approximate surface area is 361 Å². The lowest BCUT2D eigenvalue weighted by atomic mass is 9.81. The third-order valence-corrected chi connectivity index (χ3v) is 12.7. The van der Waals surface area contributed by atoms with E-state index in [2.05, 4.69) is 110 Å². The van der Waals surface area contributed by atoms with E-state index in [0.717, 1.165) is 75.2 Å². The van der Waals surface area contributed by atoms with Crippen LogP contribution < -0.4 is 14.4 Å². The van der Waals surface area contributed by atoms with Crippen molar-refractivity contribution in [3.63, 3.8) is 0 Å². The van der Waals surface area contributed by atoms with Crippen molar-refractivity contribution in [3.05, 3.63) is 161 Å². The summed E-state index contributed by atoms with van der Waals surface area (Å²) in [4.78, 5) is 27.3. The lowest BCUT2D eigenvalue weighted by molar-refractivity contribution is -0.438. The molecule has 6 nitrogen and oxygen atoms in total. The first kappa shape index (κ1) is 42.7. The van der Waals surface area contributed by atoms with E-state index < -0.39 is 0 Å². The van der Waals surface area contributed by atoms with Gasteiger partial charge in [-0.1, -0.05) is 96.9 Å². The zero-order valence-corrected chi connectivity index (χ0v) is 36.3. The highest BCUT2D eigenvalue weighted by atomic mass is 35.5. The third-order valence-electron chi connectivity index (χ3n) is 12.2. The Morgan fingerprint density at radius 3 is 1.97 bits per heavy atom. The average Bonchev–Trinajstić information content (AvgIpc) is 3.78. The van der Waals surface area contributed by atoms with Crippen LogP contribution in [0.25, 0.3) is 0 Å². The second kappa shape index (κ2) is 19.3. The van der Waals surface area contributed by atoms with Gasteiger partial charge in [0.05, 0.1) is 11.1 Å². The maximum absolute atomic E-state index is 12.4. The molecule has 0 bridgehead atoms. The lowest BCUT2D eigenvalue weighted by Gasteiger charge is -2.25. The van der Waals surface area contributed by atoms with E-state index in [-0.39, 0.29) is 28.7 Å². The number of hydrogen-bond donors (Lipinski definition) is 0. The van der Waals surface area contributed by atoms with Crippen molar-refractivity contribution < 1.29 is 23.6 Å². The summed E-state index contributed by atoms with van der Waals surface area (Å²) in [6, 6.07) is 35.9. The quantitative estimate of drug-likeness (QED) is 0.0349. The summed E-state index contributed by atoms with van der Waals surface area (Å²) in [5, 5.41) is 0.893. The summed E-state index contributed by atoms with van der Waals surface area (Å²) in [6.45, 7) is 10.9. The van der Waals surface area contributed by atoms with Gasteiger partial charge in [0.15, 0.2) is 5.71 Å². The Kier molecular flexibility index (Phi) is 13.7. The summed E-state index contributed by atoms with van der Waals surface area (Å²) in [5.41, 5.74) is 12.1. The molecular weight excluding hydrogens is 764 g/mol. The first-order chi connectivity index (χ1) is 29.0. The Hall–Kier alpha value is -5.42. The molecule has 60 heavy (non-hydrogen) atoms. The van der Waals surface area contributed by atoms with Crippen molar-refractivity contribution in [2.24, 2.45) is 5.92 Å². The van der Waals surface area contributed by atoms with Crippen molar-refractivity contribution in [3.8, 4) is 11.5 Å². The summed E-state index contributed by atoms with van der Waals surface area (Å²) >= 11 is 7.23.